The quantitative estimate of drug-likeness (QED) is 0.887. The lowest BCUT2D eigenvalue weighted by molar-refractivity contribution is 0.251. The van der Waals surface area contributed by atoms with Crippen LogP contribution in [0.5, 0.6) is 0 Å². The zero-order valence-corrected chi connectivity index (χ0v) is 13.6. The van der Waals surface area contributed by atoms with Crippen molar-refractivity contribution in [1.29, 1.82) is 5.26 Å². The van der Waals surface area contributed by atoms with E-state index < -0.39 is 11.8 Å². The molecule has 0 aliphatic rings. The summed E-state index contributed by atoms with van der Waals surface area (Å²) in [6, 6.07) is 13.0. The predicted molar refractivity (Wildman–Crippen MR) is 90.8 cm³/mol. The normalized spacial score (nSPS) is 10.3. The number of nitrogens with one attached hydrogen (secondary N) is 2. The Hall–Kier alpha value is -2.91. The van der Waals surface area contributed by atoms with Crippen molar-refractivity contribution in [3.8, 4) is 6.07 Å². The van der Waals surface area contributed by atoms with Crippen LogP contribution in [0.1, 0.15) is 16.7 Å². The van der Waals surface area contributed by atoms with Crippen LogP contribution in [-0.2, 0) is 13.1 Å². The smallest absolute Gasteiger partial charge is 0.319 e. The molecule has 124 valence electrons. The number of carbonyl (C=O) groups excluding carboxylic acids is 1. The molecule has 2 aromatic rings. The van der Waals surface area contributed by atoms with Crippen molar-refractivity contribution < 1.29 is 9.18 Å². The summed E-state index contributed by atoms with van der Waals surface area (Å²) < 4.78 is 13.1. The number of nitrogens with zero attached hydrogens (tertiary/aromatic N) is 2. The highest BCUT2D eigenvalue weighted by molar-refractivity contribution is 5.90. The van der Waals surface area contributed by atoms with Gasteiger partial charge in [-0.05, 0) is 43.4 Å². The minimum absolute atomic E-state index is 0.0816. The molecule has 0 aliphatic heterocycles. The Morgan fingerprint density at radius 1 is 1.21 bits per heavy atom. The monoisotopic (exact) mass is 326 g/mol. The molecule has 2 amide bonds. The Kier molecular flexibility index (Phi) is 5.88. The molecule has 2 rings (SSSR count). The van der Waals surface area contributed by atoms with Gasteiger partial charge in [-0.1, -0.05) is 24.3 Å². The van der Waals surface area contributed by atoms with E-state index in [1.54, 1.807) is 0 Å². The molecule has 0 atom stereocenters. The molecule has 0 unspecified atom stereocenters. The van der Waals surface area contributed by atoms with Crippen molar-refractivity contribution in [3.63, 3.8) is 0 Å². The molecule has 24 heavy (non-hydrogen) atoms. The summed E-state index contributed by atoms with van der Waals surface area (Å²) in [6.07, 6.45) is 0. The third-order valence-electron chi connectivity index (χ3n) is 3.29. The summed E-state index contributed by atoms with van der Waals surface area (Å²) in [7, 11) is 3.99. The minimum Gasteiger partial charge on any atom is -0.334 e. The van der Waals surface area contributed by atoms with E-state index in [1.807, 2.05) is 44.4 Å². The lowest BCUT2D eigenvalue weighted by Crippen LogP contribution is -2.28. The molecule has 2 aromatic carbocycles. The summed E-state index contributed by atoms with van der Waals surface area (Å²) in [4.78, 5) is 14.0. The van der Waals surface area contributed by atoms with Crippen LogP contribution in [0.25, 0.3) is 0 Å². The number of anilines is 1. The first-order valence-corrected chi connectivity index (χ1v) is 7.45. The van der Waals surface area contributed by atoms with Crippen LogP contribution in [0.3, 0.4) is 0 Å². The molecule has 0 spiro atoms. The van der Waals surface area contributed by atoms with Gasteiger partial charge in [-0.3, -0.25) is 0 Å². The molecule has 5 nitrogen and oxygen atoms in total. The van der Waals surface area contributed by atoms with Gasteiger partial charge < -0.3 is 15.5 Å². The maximum Gasteiger partial charge on any atom is 0.319 e. The van der Waals surface area contributed by atoms with Crippen molar-refractivity contribution >= 4 is 11.7 Å². The van der Waals surface area contributed by atoms with Gasteiger partial charge in [0.25, 0.3) is 0 Å². The summed E-state index contributed by atoms with van der Waals surface area (Å²) in [5.41, 5.74) is 2.49. The Morgan fingerprint density at radius 3 is 2.67 bits per heavy atom. The van der Waals surface area contributed by atoms with Gasteiger partial charge >= 0.3 is 6.03 Å². The van der Waals surface area contributed by atoms with Crippen molar-refractivity contribution in [3.05, 3.63) is 65.0 Å². The second-order valence-corrected chi connectivity index (χ2v) is 5.67. The molecule has 0 saturated heterocycles. The average Bonchev–Trinajstić information content (AvgIpc) is 2.54. The number of urea groups is 1. The molecular formula is C18H19FN4O. The maximum absolute atomic E-state index is 13.1. The number of carbonyl (C=O) groups is 1. The van der Waals surface area contributed by atoms with Crippen LogP contribution in [0.15, 0.2) is 42.5 Å². The number of amides is 2. The molecule has 0 aromatic heterocycles. The molecule has 0 aliphatic carbocycles. The Labute approximate surface area is 140 Å². The van der Waals surface area contributed by atoms with Crippen molar-refractivity contribution in [2.45, 2.75) is 13.1 Å². The summed E-state index contributed by atoms with van der Waals surface area (Å²) in [6.45, 7) is 1.18. The molecule has 2 N–H and O–H groups in total. The maximum atomic E-state index is 13.1. The standard InChI is InChI=1S/C18H19FN4O/c1-23(2)12-14-5-3-4-13(8-14)11-21-18(24)22-17-7-6-16(19)9-15(17)10-20/h3-9H,11-12H2,1-2H3,(H2,21,22,24). The van der Waals surface area contributed by atoms with E-state index in [4.69, 9.17) is 5.26 Å². The van der Waals surface area contributed by atoms with Crippen LogP contribution < -0.4 is 10.6 Å². The highest BCUT2D eigenvalue weighted by Gasteiger charge is 2.08. The molecule has 0 bridgehead atoms. The summed E-state index contributed by atoms with van der Waals surface area (Å²) >= 11 is 0. The van der Waals surface area contributed by atoms with Gasteiger partial charge in [0.2, 0.25) is 0 Å². The first-order chi connectivity index (χ1) is 11.5. The van der Waals surface area contributed by atoms with E-state index >= 15 is 0 Å². The van der Waals surface area contributed by atoms with E-state index in [0.29, 0.717) is 6.54 Å². The highest BCUT2D eigenvalue weighted by Crippen LogP contribution is 2.15. The van der Waals surface area contributed by atoms with Gasteiger partial charge in [-0.25, -0.2) is 9.18 Å². The molecule has 0 saturated carbocycles. The number of nitriles is 1. The number of benzene rings is 2. The summed E-state index contributed by atoms with van der Waals surface area (Å²) in [5, 5.41) is 14.3. The number of hydrogen-bond donors (Lipinski definition) is 2. The fourth-order valence-electron chi connectivity index (χ4n) is 2.27. The number of halogens is 1. The van der Waals surface area contributed by atoms with Gasteiger partial charge in [-0.2, -0.15) is 5.26 Å². The number of hydrogen-bond acceptors (Lipinski definition) is 3. The van der Waals surface area contributed by atoms with Crippen molar-refractivity contribution in [1.82, 2.24) is 10.2 Å². The van der Waals surface area contributed by atoms with Crippen LogP contribution in [0, 0.1) is 17.1 Å². The molecular weight excluding hydrogens is 307 g/mol. The highest BCUT2D eigenvalue weighted by atomic mass is 19.1. The van der Waals surface area contributed by atoms with Crippen LogP contribution in [-0.4, -0.2) is 25.0 Å². The predicted octanol–water partition coefficient (Wildman–Crippen LogP) is 3.08. The third kappa shape index (κ3) is 5.07. The second-order valence-electron chi connectivity index (χ2n) is 5.67. The van der Waals surface area contributed by atoms with Gasteiger partial charge in [-0.15, -0.1) is 0 Å². The fraction of sp³-hybridized carbons (Fsp3) is 0.222. The van der Waals surface area contributed by atoms with Crippen LogP contribution in [0.4, 0.5) is 14.9 Å². The van der Waals surface area contributed by atoms with Gasteiger partial charge in [0.1, 0.15) is 11.9 Å². The van der Waals surface area contributed by atoms with Gasteiger partial charge in [0.05, 0.1) is 11.3 Å². The minimum atomic E-state index is -0.518. The first-order valence-electron chi connectivity index (χ1n) is 7.45. The van der Waals surface area contributed by atoms with Gasteiger partial charge in [0.15, 0.2) is 0 Å². The molecule has 0 heterocycles. The SMILES string of the molecule is CN(C)Cc1cccc(CNC(=O)Nc2ccc(F)cc2C#N)c1. The molecule has 0 radical (unpaired) electrons. The number of rotatable bonds is 5. The topological polar surface area (TPSA) is 68.2 Å². The molecule has 0 fully saturated rings. The first kappa shape index (κ1) is 17.4. The lowest BCUT2D eigenvalue weighted by atomic mass is 10.1. The largest absolute Gasteiger partial charge is 0.334 e. The van der Waals surface area contributed by atoms with Crippen molar-refractivity contribution in [2.24, 2.45) is 0 Å². The zero-order valence-electron chi connectivity index (χ0n) is 13.6. The fourth-order valence-corrected chi connectivity index (χ4v) is 2.27. The van der Waals surface area contributed by atoms with Crippen LogP contribution >= 0.6 is 0 Å². The third-order valence-corrected chi connectivity index (χ3v) is 3.29. The molecule has 6 heteroatoms. The average molecular weight is 326 g/mol. The second kappa shape index (κ2) is 8.09. The van der Waals surface area contributed by atoms with E-state index in [0.717, 1.165) is 23.7 Å². The Bertz CT molecular complexity index is 768. The Balaban J connectivity index is 1.95. The van der Waals surface area contributed by atoms with Crippen molar-refractivity contribution in [2.75, 3.05) is 19.4 Å². The summed E-state index contributed by atoms with van der Waals surface area (Å²) in [5.74, 6) is -0.518. The van der Waals surface area contributed by atoms with Gasteiger partial charge in [0, 0.05) is 13.1 Å². The lowest BCUT2D eigenvalue weighted by Gasteiger charge is -2.12. The Morgan fingerprint density at radius 2 is 1.96 bits per heavy atom. The van der Waals surface area contributed by atoms with E-state index in [1.165, 1.54) is 12.1 Å². The zero-order chi connectivity index (χ0) is 17.5. The van der Waals surface area contributed by atoms with E-state index in [9.17, 15) is 9.18 Å². The van der Waals surface area contributed by atoms with E-state index in [2.05, 4.69) is 15.5 Å². The van der Waals surface area contributed by atoms with E-state index in [-0.39, 0.29) is 11.3 Å². The van der Waals surface area contributed by atoms with Crippen LogP contribution in [0.2, 0.25) is 0 Å².